The molecule has 2 rings (SSSR count). The standard InChI is InChI=1S/C16H16BrF/c1-16(2,3)13-7-4-11(5-8-13)12-6-9-14(17)15(18)10-12/h4-10H,1-3H3. The van der Waals surface area contributed by atoms with Crippen LogP contribution in [-0.4, -0.2) is 0 Å². The van der Waals surface area contributed by atoms with Gasteiger partial charge in [-0.1, -0.05) is 51.1 Å². The number of hydrogen-bond donors (Lipinski definition) is 0. The van der Waals surface area contributed by atoms with Gasteiger partial charge in [0, 0.05) is 0 Å². The van der Waals surface area contributed by atoms with Crippen LogP contribution in [0.2, 0.25) is 0 Å². The molecule has 0 nitrogen and oxygen atoms in total. The van der Waals surface area contributed by atoms with E-state index >= 15 is 0 Å². The van der Waals surface area contributed by atoms with E-state index in [2.05, 4.69) is 48.8 Å². The molecule has 0 saturated carbocycles. The summed E-state index contributed by atoms with van der Waals surface area (Å²) >= 11 is 3.16. The fraction of sp³-hybridized carbons (Fsp3) is 0.250. The number of benzene rings is 2. The molecule has 0 amide bonds. The summed E-state index contributed by atoms with van der Waals surface area (Å²) < 4.78 is 14.0. The molecular weight excluding hydrogens is 291 g/mol. The van der Waals surface area contributed by atoms with Gasteiger partial charge in [0.2, 0.25) is 0 Å². The van der Waals surface area contributed by atoms with Crippen molar-refractivity contribution in [2.24, 2.45) is 0 Å². The lowest BCUT2D eigenvalue weighted by Gasteiger charge is -2.19. The third-order valence-corrected chi connectivity index (χ3v) is 3.65. The van der Waals surface area contributed by atoms with Gasteiger partial charge in [-0.05, 0) is 50.2 Å². The van der Waals surface area contributed by atoms with Crippen LogP contribution < -0.4 is 0 Å². The van der Waals surface area contributed by atoms with Crippen molar-refractivity contribution in [3.05, 3.63) is 58.3 Å². The number of hydrogen-bond acceptors (Lipinski definition) is 0. The third-order valence-electron chi connectivity index (χ3n) is 3.00. The van der Waals surface area contributed by atoms with Gasteiger partial charge in [-0.2, -0.15) is 0 Å². The van der Waals surface area contributed by atoms with Crippen molar-refractivity contribution in [1.82, 2.24) is 0 Å². The van der Waals surface area contributed by atoms with Crippen LogP contribution in [0.3, 0.4) is 0 Å². The SMILES string of the molecule is CC(C)(C)c1ccc(-c2ccc(Br)c(F)c2)cc1. The first-order valence-electron chi connectivity index (χ1n) is 5.94. The second-order valence-corrected chi connectivity index (χ2v) is 6.31. The Balaban J connectivity index is 2.37. The van der Waals surface area contributed by atoms with Gasteiger partial charge in [-0.15, -0.1) is 0 Å². The minimum atomic E-state index is -0.229. The fourth-order valence-corrected chi connectivity index (χ4v) is 2.08. The summed E-state index contributed by atoms with van der Waals surface area (Å²) in [5, 5.41) is 0. The molecule has 0 atom stereocenters. The zero-order valence-electron chi connectivity index (χ0n) is 10.8. The molecule has 2 aromatic carbocycles. The van der Waals surface area contributed by atoms with E-state index in [1.54, 1.807) is 12.1 Å². The van der Waals surface area contributed by atoms with Crippen molar-refractivity contribution in [3.8, 4) is 11.1 Å². The van der Waals surface area contributed by atoms with E-state index in [0.29, 0.717) is 4.47 Å². The Hall–Kier alpha value is -1.15. The predicted octanol–water partition coefficient (Wildman–Crippen LogP) is 5.55. The van der Waals surface area contributed by atoms with E-state index < -0.39 is 0 Å². The summed E-state index contributed by atoms with van der Waals surface area (Å²) in [4.78, 5) is 0. The molecule has 0 aliphatic heterocycles. The second kappa shape index (κ2) is 4.85. The molecule has 0 spiro atoms. The van der Waals surface area contributed by atoms with Gasteiger partial charge in [0.1, 0.15) is 5.82 Å². The van der Waals surface area contributed by atoms with Gasteiger partial charge in [0.05, 0.1) is 4.47 Å². The van der Waals surface area contributed by atoms with Gasteiger partial charge >= 0.3 is 0 Å². The zero-order chi connectivity index (χ0) is 13.3. The van der Waals surface area contributed by atoms with Crippen molar-refractivity contribution >= 4 is 15.9 Å². The van der Waals surface area contributed by atoms with Crippen LogP contribution in [0.15, 0.2) is 46.9 Å². The molecule has 0 fully saturated rings. The lowest BCUT2D eigenvalue weighted by atomic mass is 9.86. The molecule has 0 N–H and O–H groups in total. The van der Waals surface area contributed by atoms with E-state index in [1.165, 1.54) is 5.56 Å². The van der Waals surface area contributed by atoms with E-state index in [1.807, 2.05) is 18.2 Å². The molecule has 0 radical (unpaired) electrons. The minimum Gasteiger partial charge on any atom is -0.206 e. The van der Waals surface area contributed by atoms with Crippen LogP contribution >= 0.6 is 15.9 Å². The molecule has 0 unspecified atom stereocenters. The lowest BCUT2D eigenvalue weighted by Crippen LogP contribution is -2.10. The molecule has 2 heteroatoms. The normalized spacial score (nSPS) is 11.6. The second-order valence-electron chi connectivity index (χ2n) is 5.46. The molecule has 0 heterocycles. The average molecular weight is 307 g/mol. The molecule has 0 bridgehead atoms. The summed E-state index contributed by atoms with van der Waals surface area (Å²) in [7, 11) is 0. The number of rotatable bonds is 1. The molecule has 18 heavy (non-hydrogen) atoms. The third kappa shape index (κ3) is 2.81. The van der Waals surface area contributed by atoms with Crippen LogP contribution in [0.25, 0.3) is 11.1 Å². The first-order valence-corrected chi connectivity index (χ1v) is 6.73. The first-order chi connectivity index (χ1) is 8.38. The lowest BCUT2D eigenvalue weighted by molar-refractivity contribution is 0.590. The fourth-order valence-electron chi connectivity index (χ4n) is 1.84. The molecule has 2 aromatic rings. The Morgan fingerprint density at radius 3 is 1.94 bits per heavy atom. The highest BCUT2D eigenvalue weighted by Gasteiger charge is 2.13. The average Bonchev–Trinajstić information content (AvgIpc) is 2.32. The maximum atomic E-state index is 13.5. The van der Waals surface area contributed by atoms with Crippen LogP contribution in [0.4, 0.5) is 4.39 Å². The maximum absolute atomic E-state index is 13.5. The van der Waals surface area contributed by atoms with Crippen molar-refractivity contribution in [3.63, 3.8) is 0 Å². The number of halogens is 2. The quantitative estimate of drug-likeness (QED) is 0.647. The Bertz CT molecular complexity index is 550. The van der Waals surface area contributed by atoms with Gasteiger partial charge in [-0.3, -0.25) is 0 Å². The van der Waals surface area contributed by atoms with Crippen molar-refractivity contribution in [2.75, 3.05) is 0 Å². The minimum absolute atomic E-state index is 0.142. The van der Waals surface area contributed by atoms with E-state index in [4.69, 9.17) is 0 Å². The summed E-state index contributed by atoms with van der Waals surface area (Å²) in [6.45, 7) is 6.55. The monoisotopic (exact) mass is 306 g/mol. The molecule has 0 aromatic heterocycles. The van der Waals surface area contributed by atoms with Crippen LogP contribution in [0.1, 0.15) is 26.3 Å². The topological polar surface area (TPSA) is 0 Å². The highest BCUT2D eigenvalue weighted by molar-refractivity contribution is 9.10. The Morgan fingerprint density at radius 2 is 1.44 bits per heavy atom. The highest BCUT2D eigenvalue weighted by Crippen LogP contribution is 2.28. The summed E-state index contributed by atoms with van der Waals surface area (Å²) in [6.07, 6.45) is 0. The van der Waals surface area contributed by atoms with Crippen LogP contribution in [0, 0.1) is 5.82 Å². The molecular formula is C16H16BrF. The Labute approximate surface area is 116 Å². The predicted molar refractivity (Wildman–Crippen MR) is 78.2 cm³/mol. The van der Waals surface area contributed by atoms with Gasteiger partial charge in [-0.25, -0.2) is 4.39 Å². The van der Waals surface area contributed by atoms with Gasteiger partial charge < -0.3 is 0 Å². The van der Waals surface area contributed by atoms with E-state index in [-0.39, 0.29) is 11.2 Å². The van der Waals surface area contributed by atoms with E-state index in [0.717, 1.165) is 11.1 Å². The largest absolute Gasteiger partial charge is 0.206 e. The zero-order valence-corrected chi connectivity index (χ0v) is 12.4. The molecule has 0 aliphatic rings. The first kappa shape index (κ1) is 13.3. The molecule has 0 saturated heterocycles. The van der Waals surface area contributed by atoms with Crippen LogP contribution in [0.5, 0.6) is 0 Å². The maximum Gasteiger partial charge on any atom is 0.137 e. The Kier molecular flexibility index (Phi) is 3.58. The van der Waals surface area contributed by atoms with Gasteiger partial charge in [0.15, 0.2) is 0 Å². The highest BCUT2D eigenvalue weighted by atomic mass is 79.9. The molecule has 94 valence electrons. The summed E-state index contributed by atoms with van der Waals surface area (Å²) in [5.41, 5.74) is 3.36. The van der Waals surface area contributed by atoms with E-state index in [9.17, 15) is 4.39 Å². The summed E-state index contributed by atoms with van der Waals surface area (Å²) in [6, 6.07) is 13.5. The van der Waals surface area contributed by atoms with Crippen LogP contribution in [-0.2, 0) is 5.41 Å². The van der Waals surface area contributed by atoms with Crippen molar-refractivity contribution < 1.29 is 4.39 Å². The van der Waals surface area contributed by atoms with Crippen molar-refractivity contribution in [2.45, 2.75) is 26.2 Å². The Morgan fingerprint density at radius 1 is 0.889 bits per heavy atom. The van der Waals surface area contributed by atoms with Crippen molar-refractivity contribution in [1.29, 1.82) is 0 Å². The van der Waals surface area contributed by atoms with Gasteiger partial charge in [0.25, 0.3) is 0 Å². The summed E-state index contributed by atoms with van der Waals surface area (Å²) in [5.74, 6) is -0.229. The smallest absolute Gasteiger partial charge is 0.137 e. The molecule has 0 aliphatic carbocycles.